The highest BCUT2D eigenvalue weighted by Crippen LogP contribution is 2.52. The Morgan fingerprint density at radius 1 is 1.05 bits per heavy atom. The van der Waals surface area contributed by atoms with Crippen LogP contribution >= 0.6 is 0 Å². The van der Waals surface area contributed by atoms with Gasteiger partial charge in [-0.1, -0.05) is 55.7 Å². The molecule has 3 heterocycles. The van der Waals surface area contributed by atoms with E-state index in [0.29, 0.717) is 11.3 Å². The third kappa shape index (κ3) is 3.57. The Labute approximate surface area is 215 Å². The number of carboxylic acid groups (broad SMARTS) is 1. The van der Waals surface area contributed by atoms with Gasteiger partial charge in [-0.05, 0) is 30.5 Å². The van der Waals surface area contributed by atoms with Gasteiger partial charge in [0.25, 0.3) is 0 Å². The summed E-state index contributed by atoms with van der Waals surface area (Å²) in [6.07, 6.45) is 6.43. The number of aromatic amines is 1. The molecule has 3 fully saturated rings. The zero-order valence-electron chi connectivity index (χ0n) is 20.8. The van der Waals surface area contributed by atoms with Crippen LogP contribution in [0.2, 0.25) is 0 Å². The van der Waals surface area contributed by atoms with Crippen LogP contribution in [-0.2, 0) is 20.8 Å². The predicted molar refractivity (Wildman–Crippen MR) is 137 cm³/mol. The Hall–Kier alpha value is -3.65. The summed E-state index contributed by atoms with van der Waals surface area (Å²) < 4.78 is 5.60. The number of nitrogens with one attached hydrogen (secondary N) is 2. The van der Waals surface area contributed by atoms with Gasteiger partial charge in [0.05, 0.1) is 18.9 Å². The van der Waals surface area contributed by atoms with Crippen LogP contribution in [-0.4, -0.2) is 51.5 Å². The summed E-state index contributed by atoms with van der Waals surface area (Å²) in [6.45, 7) is 0. The van der Waals surface area contributed by atoms with Gasteiger partial charge in [0.15, 0.2) is 0 Å². The summed E-state index contributed by atoms with van der Waals surface area (Å²) in [7, 11) is 1.55. The number of methoxy groups -OCH3 is 1. The average molecular weight is 502 g/mol. The second-order valence-corrected chi connectivity index (χ2v) is 10.5. The number of para-hydroxylation sites is 2. The highest BCUT2D eigenvalue weighted by molar-refractivity contribution is 6.10. The molecule has 1 saturated carbocycles. The Morgan fingerprint density at radius 3 is 2.54 bits per heavy atom. The average Bonchev–Trinajstić information content (AvgIpc) is 3.57. The molecule has 4 unspecified atom stereocenters. The number of likely N-dealkylation sites (tertiary alicyclic amines) is 1. The van der Waals surface area contributed by atoms with Gasteiger partial charge >= 0.3 is 5.97 Å². The third-order valence-electron chi connectivity index (χ3n) is 8.63. The lowest BCUT2D eigenvalue weighted by molar-refractivity contribution is -0.152. The quantitative estimate of drug-likeness (QED) is 0.443. The second kappa shape index (κ2) is 9.03. The van der Waals surface area contributed by atoms with Crippen molar-refractivity contribution in [3.63, 3.8) is 0 Å². The van der Waals surface area contributed by atoms with Gasteiger partial charge < -0.3 is 14.8 Å². The fraction of sp³-hybridized carbons (Fsp3) is 0.414. The Morgan fingerprint density at radius 2 is 1.78 bits per heavy atom. The van der Waals surface area contributed by atoms with Crippen molar-refractivity contribution in [2.75, 3.05) is 7.11 Å². The molecular formula is C29H31N3O5. The van der Waals surface area contributed by atoms with Crippen molar-refractivity contribution in [1.29, 1.82) is 0 Å². The van der Waals surface area contributed by atoms with Crippen LogP contribution in [0.5, 0.6) is 5.75 Å². The number of aromatic nitrogens is 1. The van der Waals surface area contributed by atoms with Gasteiger partial charge in [0.2, 0.25) is 11.8 Å². The minimum absolute atomic E-state index is 0.0662. The van der Waals surface area contributed by atoms with E-state index >= 15 is 0 Å². The van der Waals surface area contributed by atoms with Crippen LogP contribution in [0.15, 0.2) is 54.7 Å². The smallest absolute Gasteiger partial charge is 0.325 e. The minimum atomic E-state index is -1.66. The first-order valence-electron chi connectivity index (χ1n) is 13.0. The minimum Gasteiger partial charge on any atom is -0.496 e. The van der Waals surface area contributed by atoms with Gasteiger partial charge in [0, 0.05) is 41.2 Å². The molecule has 1 aromatic heterocycles. The molecule has 2 saturated heterocycles. The number of imide groups is 1. The van der Waals surface area contributed by atoms with Crippen molar-refractivity contribution in [3.05, 3.63) is 65.9 Å². The maximum Gasteiger partial charge on any atom is 0.325 e. The first-order chi connectivity index (χ1) is 18.0. The topological polar surface area (TPSA) is 112 Å². The maximum atomic E-state index is 14.1. The summed E-state index contributed by atoms with van der Waals surface area (Å²) in [5, 5.41) is 15.0. The summed E-state index contributed by atoms with van der Waals surface area (Å²) in [5.41, 5.74) is 0.721. The number of carbonyl (C=O) groups excluding carboxylic acids is 2. The lowest BCUT2D eigenvalue weighted by Gasteiger charge is -2.34. The molecule has 6 rings (SSSR count). The van der Waals surface area contributed by atoms with Crippen LogP contribution in [0.4, 0.5) is 0 Å². The lowest BCUT2D eigenvalue weighted by Crippen LogP contribution is -2.58. The van der Waals surface area contributed by atoms with E-state index in [1.807, 2.05) is 48.7 Å². The number of aliphatic carboxylic acids is 1. The zero-order chi connectivity index (χ0) is 25.7. The summed E-state index contributed by atoms with van der Waals surface area (Å²) in [6, 6.07) is 14.2. The van der Waals surface area contributed by atoms with Crippen LogP contribution in [0.1, 0.15) is 49.3 Å². The van der Waals surface area contributed by atoms with Crippen LogP contribution in [0, 0.1) is 11.8 Å². The van der Waals surface area contributed by atoms with Gasteiger partial charge in [0.1, 0.15) is 11.3 Å². The van der Waals surface area contributed by atoms with Crippen molar-refractivity contribution in [2.45, 2.75) is 56.1 Å². The summed E-state index contributed by atoms with van der Waals surface area (Å²) in [4.78, 5) is 46.0. The second-order valence-electron chi connectivity index (χ2n) is 10.5. The number of nitrogens with zero attached hydrogens (tertiary/aromatic N) is 1. The molecule has 8 heteroatoms. The molecule has 1 aliphatic carbocycles. The van der Waals surface area contributed by atoms with Crippen LogP contribution in [0.25, 0.3) is 10.9 Å². The monoisotopic (exact) mass is 501 g/mol. The number of hydrogen-bond acceptors (Lipinski definition) is 5. The molecule has 0 spiro atoms. The molecule has 3 N–H and O–H groups in total. The predicted octanol–water partition coefficient (Wildman–Crippen LogP) is 3.82. The molecule has 4 atom stereocenters. The largest absolute Gasteiger partial charge is 0.496 e. The van der Waals surface area contributed by atoms with E-state index < -0.39 is 29.4 Å². The highest BCUT2D eigenvalue weighted by Gasteiger charge is 2.69. The van der Waals surface area contributed by atoms with Crippen molar-refractivity contribution in [2.24, 2.45) is 11.8 Å². The molecule has 3 aromatic rings. The molecule has 2 amide bonds. The van der Waals surface area contributed by atoms with Gasteiger partial charge in [-0.25, -0.2) is 0 Å². The number of carboxylic acids is 1. The van der Waals surface area contributed by atoms with Gasteiger partial charge in [-0.3, -0.25) is 24.6 Å². The third-order valence-corrected chi connectivity index (χ3v) is 8.63. The zero-order valence-corrected chi connectivity index (χ0v) is 20.8. The van der Waals surface area contributed by atoms with E-state index in [2.05, 4.69) is 10.3 Å². The van der Waals surface area contributed by atoms with Gasteiger partial charge in [-0.2, -0.15) is 0 Å². The summed E-state index contributed by atoms with van der Waals surface area (Å²) >= 11 is 0. The molecule has 2 aromatic carbocycles. The molecule has 0 bridgehead atoms. The fourth-order valence-corrected chi connectivity index (χ4v) is 6.93. The van der Waals surface area contributed by atoms with Crippen molar-refractivity contribution >= 4 is 28.7 Å². The van der Waals surface area contributed by atoms with E-state index in [9.17, 15) is 19.5 Å². The Kier molecular flexibility index (Phi) is 5.79. The van der Waals surface area contributed by atoms with Crippen LogP contribution in [0.3, 0.4) is 0 Å². The van der Waals surface area contributed by atoms with E-state index in [-0.39, 0.29) is 24.3 Å². The molecule has 37 heavy (non-hydrogen) atoms. The molecule has 8 nitrogen and oxygen atoms in total. The van der Waals surface area contributed by atoms with E-state index in [0.717, 1.165) is 48.6 Å². The van der Waals surface area contributed by atoms with Crippen molar-refractivity contribution < 1.29 is 24.2 Å². The molecule has 0 radical (unpaired) electrons. The number of amides is 2. The highest BCUT2D eigenvalue weighted by atomic mass is 16.5. The van der Waals surface area contributed by atoms with Crippen LogP contribution < -0.4 is 10.1 Å². The standard InChI is InChI=1S/C29H31N3O5/c1-37-22-14-8-6-12-20(22)25-23-24(27(34)32(26(23)33)18-9-3-2-4-10-18)29(31-25,28(35)36)15-17-16-30-21-13-7-5-11-19(17)21/h5-8,11-14,16,18,23-25,30-31H,2-4,9-10,15H2,1H3,(H,35,36). The molecular weight excluding hydrogens is 470 g/mol. The normalized spacial score (nSPS) is 28.1. The number of benzene rings is 2. The van der Waals surface area contributed by atoms with Gasteiger partial charge in [-0.15, -0.1) is 0 Å². The number of rotatable bonds is 6. The Balaban J connectivity index is 1.49. The molecule has 3 aliphatic rings. The lowest BCUT2D eigenvalue weighted by atomic mass is 9.76. The number of hydrogen-bond donors (Lipinski definition) is 3. The van der Waals surface area contributed by atoms with E-state index in [1.165, 1.54) is 4.90 Å². The Bertz CT molecular complexity index is 1380. The number of carbonyl (C=O) groups is 3. The van der Waals surface area contributed by atoms with E-state index in [4.69, 9.17) is 4.74 Å². The van der Waals surface area contributed by atoms with E-state index in [1.54, 1.807) is 13.2 Å². The number of ether oxygens (including phenoxy) is 1. The van der Waals surface area contributed by atoms with Crippen molar-refractivity contribution in [3.8, 4) is 5.75 Å². The molecule has 192 valence electrons. The maximum absolute atomic E-state index is 14.1. The first kappa shape index (κ1) is 23.7. The number of H-pyrrole nitrogens is 1. The number of fused-ring (bicyclic) bond motifs is 2. The SMILES string of the molecule is COc1ccccc1C1NC(Cc2c[nH]c3ccccc23)(C(=O)O)C2C(=O)N(C3CCCCC3)C(=O)C12. The summed E-state index contributed by atoms with van der Waals surface area (Å²) in [5.74, 6) is -3.06. The fourth-order valence-electron chi connectivity index (χ4n) is 6.93. The molecule has 2 aliphatic heterocycles. The van der Waals surface area contributed by atoms with Crippen molar-refractivity contribution in [1.82, 2.24) is 15.2 Å². The first-order valence-corrected chi connectivity index (χ1v) is 13.0.